The van der Waals surface area contributed by atoms with E-state index in [2.05, 4.69) is 15.5 Å². The lowest BCUT2D eigenvalue weighted by molar-refractivity contribution is 0.127. The molecule has 1 aromatic carbocycles. The third-order valence-electron chi connectivity index (χ3n) is 5.51. The van der Waals surface area contributed by atoms with E-state index in [1.54, 1.807) is 12.1 Å². The van der Waals surface area contributed by atoms with Crippen LogP contribution in [0, 0.1) is 11.2 Å². The maximum atomic E-state index is 13.0. The van der Waals surface area contributed by atoms with Crippen molar-refractivity contribution in [3.8, 4) is 11.5 Å². The highest BCUT2D eigenvalue weighted by Gasteiger charge is 2.38. The zero-order chi connectivity index (χ0) is 17.3. The second kappa shape index (κ2) is 6.46. The molecule has 132 valence electrons. The number of carbonyl (C=O) groups excluding carboxylic acids is 1. The van der Waals surface area contributed by atoms with E-state index in [1.165, 1.54) is 37.8 Å². The number of nitrogens with zero attached hydrogens (tertiary/aromatic N) is 3. The molecule has 2 fully saturated rings. The van der Waals surface area contributed by atoms with Gasteiger partial charge in [-0.05, 0) is 55.4 Å². The van der Waals surface area contributed by atoms with Crippen molar-refractivity contribution >= 4 is 12.0 Å². The van der Waals surface area contributed by atoms with Crippen molar-refractivity contribution in [3.05, 3.63) is 30.1 Å². The monoisotopic (exact) mass is 344 g/mol. The molecule has 6 nitrogen and oxygen atoms in total. The molecule has 25 heavy (non-hydrogen) atoms. The first-order chi connectivity index (χ1) is 12.1. The van der Waals surface area contributed by atoms with Gasteiger partial charge >= 0.3 is 12.0 Å². The van der Waals surface area contributed by atoms with E-state index in [9.17, 15) is 9.18 Å². The Bertz CT molecular complexity index is 743. The van der Waals surface area contributed by atoms with Gasteiger partial charge in [-0.2, -0.15) is 0 Å². The second-order valence-electron chi connectivity index (χ2n) is 7.04. The van der Waals surface area contributed by atoms with E-state index in [4.69, 9.17) is 4.42 Å². The summed E-state index contributed by atoms with van der Waals surface area (Å²) in [6, 6.07) is 5.61. The summed E-state index contributed by atoms with van der Waals surface area (Å²) in [5.74, 6) is -0.0826. The van der Waals surface area contributed by atoms with E-state index >= 15 is 0 Å². The standard InChI is InChI=1S/C18H21FN4O2/c19-14-5-3-13(4-6-14)15-21-22-16(25-15)20-17(24)23-11-9-18(10-12-23)7-1-2-8-18/h3-6H,1-2,7-12H2,(H,20,22,24). The molecule has 2 heterocycles. The van der Waals surface area contributed by atoms with Crippen LogP contribution in [0.15, 0.2) is 28.7 Å². The van der Waals surface area contributed by atoms with Crippen LogP contribution in [-0.4, -0.2) is 34.2 Å². The molecule has 0 unspecified atom stereocenters. The van der Waals surface area contributed by atoms with Crippen molar-refractivity contribution in [1.29, 1.82) is 0 Å². The fourth-order valence-corrected chi connectivity index (χ4v) is 3.96. The number of piperidine rings is 1. The Labute approximate surface area is 145 Å². The number of anilines is 1. The lowest BCUT2D eigenvalue weighted by Crippen LogP contribution is -2.44. The van der Waals surface area contributed by atoms with Gasteiger partial charge in [-0.3, -0.25) is 5.32 Å². The number of halogens is 1. The number of hydrogen-bond acceptors (Lipinski definition) is 4. The van der Waals surface area contributed by atoms with Gasteiger partial charge in [0, 0.05) is 18.7 Å². The van der Waals surface area contributed by atoms with Crippen LogP contribution in [0.4, 0.5) is 15.2 Å². The average molecular weight is 344 g/mol. The third kappa shape index (κ3) is 3.36. The van der Waals surface area contributed by atoms with Crippen LogP contribution in [0.3, 0.4) is 0 Å². The van der Waals surface area contributed by atoms with Gasteiger partial charge in [0.05, 0.1) is 0 Å². The summed E-state index contributed by atoms with van der Waals surface area (Å²) in [6.45, 7) is 1.54. The summed E-state index contributed by atoms with van der Waals surface area (Å²) in [5, 5.41) is 10.4. The molecule has 0 bridgehead atoms. The highest BCUT2D eigenvalue weighted by atomic mass is 19.1. The first kappa shape index (κ1) is 16.1. The molecule has 2 amide bonds. The topological polar surface area (TPSA) is 71.3 Å². The molecule has 1 aromatic heterocycles. The number of rotatable bonds is 2. The molecule has 0 atom stereocenters. The Hall–Kier alpha value is -2.44. The van der Waals surface area contributed by atoms with Crippen LogP contribution < -0.4 is 5.32 Å². The van der Waals surface area contributed by atoms with Crippen LogP contribution in [-0.2, 0) is 0 Å². The van der Waals surface area contributed by atoms with Gasteiger partial charge in [-0.15, -0.1) is 5.10 Å². The van der Waals surface area contributed by atoms with Gasteiger partial charge in [0.25, 0.3) is 0 Å². The number of aromatic nitrogens is 2. The minimum absolute atomic E-state index is 0.0606. The van der Waals surface area contributed by atoms with Gasteiger partial charge in [0.1, 0.15) is 5.82 Å². The van der Waals surface area contributed by atoms with Crippen LogP contribution in [0.2, 0.25) is 0 Å². The van der Waals surface area contributed by atoms with Gasteiger partial charge < -0.3 is 9.32 Å². The maximum absolute atomic E-state index is 13.0. The van der Waals surface area contributed by atoms with E-state index < -0.39 is 0 Å². The Kier molecular flexibility index (Phi) is 4.15. The van der Waals surface area contributed by atoms with Crippen LogP contribution in [0.25, 0.3) is 11.5 Å². The van der Waals surface area contributed by atoms with Gasteiger partial charge in [-0.1, -0.05) is 17.9 Å². The molecule has 1 aliphatic carbocycles. The van der Waals surface area contributed by atoms with Crippen molar-refractivity contribution in [1.82, 2.24) is 15.1 Å². The molecule has 1 aliphatic heterocycles. The maximum Gasteiger partial charge on any atom is 0.325 e. The molecular formula is C18H21FN4O2. The number of urea groups is 1. The first-order valence-corrected chi connectivity index (χ1v) is 8.79. The molecule has 1 spiro atoms. The average Bonchev–Trinajstić information content (AvgIpc) is 3.26. The zero-order valence-corrected chi connectivity index (χ0v) is 14.0. The molecule has 7 heteroatoms. The normalized spacial score (nSPS) is 19.3. The number of hydrogen-bond donors (Lipinski definition) is 1. The number of benzene rings is 1. The Balaban J connectivity index is 1.36. The number of likely N-dealkylation sites (tertiary alicyclic amines) is 1. The molecule has 4 rings (SSSR count). The fourth-order valence-electron chi connectivity index (χ4n) is 3.96. The molecular weight excluding hydrogens is 323 g/mol. The van der Waals surface area contributed by atoms with Crippen LogP contribution >= 0.6 is 0 Å². The van der Waals surface area contributed by atoms with Crippen molar-refractivity contribution in [2.45, 2.75) is 38.5 Å². The summed E-state index contributed by atoms with van der Waals surface area (Å²) in [6.07, 6.45) is 7.39. The first-order valence-electron chi connectivity index (χ1n) is 8.79. The summed E-state index contributed by atoms with van der Waals surface area (Å²) >= 11 is 0. The highest BCUT2D eigenvalue weighted by molar-refractivity contribution is 5.87. The van der Waals surface area contributed by atoms with Crippen molar-refractivity contribution < 1.29 is 13.6 Å². The highest BCUT2D eigenvalue weighted by Crippen LogP contribution is 2.46. The van der Waals surface area contributed by atoms with Crippen LogP contribution in [0.1, 0.15) is 38.5 Å². The SMILES string of the molecule is O=C(Nc1nnc(-c2ccc(F)cc2)o1)N1CCC2(CCCC2)CC1. The largest absolute Gasteiger partial charge is 0.403 e. The second-order valence-corrected chi connectivity index (χ2v) is 7.04. The molecule has 2 aromatic rings. The Morgan fingerprint density at radius 3 is 2.44 bits per heavy atom. The molecule has 2 aliphatic rings. The quantitative estimate of drug-likeness (QED) is 0.892. The van der Waals surface area contributed by atoms with E-state index in [0.717, 1.165) is 25.9 Å². The molecule has 1 N–H and O–H groups in total. The summed E-state index contributed by atoms with van der Waals surface area (Å²) < 4.78 is 18.4. The van der Waals surface area contributed by atoms with E-state index in [0.29, 0.717) is 11.0 Å². The van der Waals surface area contributed by atoms with Gasteiger partial charge in [0.15, 0.2) is 0 Å². The van der Waals surface area contributed by atoms with Crippen molar-refractivity contribution in [2.75, 3.05) is 18.4 Å². The van der Waals surface area contributed by atoms with Crippen LogP contribution in [0.5, 0.6) is 0 Å². The molecule has 0 radical (unpaired) electrons. The lowest BCUT2D eigenvalue weighted by Gasteiger charge is -2.39. The zero-order valence-electron chi connectivity index (χ0n) is 14.0. The van der Waals surface area contributed by atoms with E-state index in [1.807, 2.05) is 4.90 Å². The predicted octanol–water partition coefficient (Wildman–Crippen LogP) is 4.06. The number of nitrogens with one attached hydrogen (secondary N) is 1. The Morgan fingerprint density at radius 2 is 1.76 bits per heavy atom. The van der Waals surface area contributed by atoms with Crippen molar-refractivity contribution in [2.24, 2.45) is 5.41 Å². The minimum atomic E-state index is -0.332. The fraction of sp³-hybridized carbons (Fsp3) is 0.500. The summed E-state index contributed by atoms with van der Waals surface area (Å²) in [4.78, 5) is 14.2. The smallest absolute Gasteiger partial charge is 0.325 e. The molecule has 1 saturated heterocycles. The minimum Gasteiger partial charge on any atom is -0.403 e. The third-order valence-corrected chi connectivity index (χ3v) is 5.51. The predicted molar refractivity (Wildman–Crippen MR) is 90.4 cm³/mol. The number of amides is 2. The number of carbonyl (C=O) groups is 1. The van der Waals surface area contributed by atoms with Crippen molar-refractivity contribution in [3.63, 3.8) is 0 Å². The van der Waals surface area contributed by atoms with Gasteiger partial charge in [0.2, 0.25) is 5.89 Å². The Morgan fingerprint density at radius 1 is 1.08 bits per heavy atom. The summed E-state index contributed by atoms with van der Waals surface area (Å²) in [7, 11) is 0. The van der Waals surface area contributed by atoms with E-state index in [-0.39, 0.29) is 23.8 Å². The lowest BCUT2D eigenvalue weighted by atomic mass is 9.77. The van der Waals surface area contributed by atoms with Gasteiger partial charge in [-0.25, -0.2) is 9.18 Å². The molecule has 1 saturated carbocycles. The summed E-state index contributed by atoms with van der Waals surface area (Å²) in [5.41, 5.74) is 1.08.